The number of aliphatic hydroxyl groups is 1. The molecule has 2 aromatic rings. The molecular formula is C14H17NO3. The molecule has 0 saturated heterocycles. The Labute approximate surface area is 106 Å². The standard InChI is InChI=1S/C14H17NO3/c1-10(16)11-3-4-14-12(7-11)8-13(9-15-14)18-6-5-17-2/h3-4,7-10,16H,5-6H2,1-2H3. The zero-order chi connectivity index (χ0) is 13.0. The molecule has 0 amide bonds. The SMILES string of the molecule is COCCOc1cnc2ccc(C(C)O)cc2c1. The fourth-order valence-electron chi connectivity index (χ4n) is 1.71. The first-order valence-corrected chi connectivity index (χ1v) is 5.90. The van der Waals surface area contributed by atoms with Gasteiger partial charge in [0.15, 0.2) is 0 Å². The lowest BCUT2D eigenvalue weighted by molar-refractivity contribution is 0.146. The highest BCUT2D eigenvalue weighted by atomic mass is 16.5. The van der Waals surface area contributed by atoms with E-state index < -0.39 is 6.10 Å². The molecular weight excluding hydrogens is 230 g/mol. The van der Waals surface area contributed by atoms with Crippen LogP contribution in [0.3, 0.4) is 0 Å². The van der Waals surface area contributed by atoms with Gasteiger partial charge in [0.25, 0.3) is 0 Å². The number of fused-ring (bicyclic) bond motifs is 1. The maximum Gasteiger partial charge on any atom is 0.138 e. The van der Waals surface area contributed by atoms with Crippen molar-refractivity contribution in [1.29, 1.82) is 0 Å². The maximum atomic E-state index is 9.56. The van der Waals surface area contributed by atoms with Gasteiger partial charge in [0.2, 0.25) is 0 Å². The minimum absolute atomic E-state index is 0.479. The average Bonchev–Trinajstić information content (AvgIpc) is 2.38. The van der Waals surface area contributed by atoms with E-state index in [0.717, 1.165) is 16.5 Å². The molecule has 0 saturated carbocycles. The molecule has 96 valence electrons. The molecule has 0 aliphatic rings. The van der Waals surface area contributed by atoms with Crippen LogP contribution in [0.5, 0.6) is 5.75 Å². The van der Waals surface area contributed by atoms with Crippen LogP contribution in [0.2, 0.25) is 0 Å². The third-order valence-corrected chi connectivity index (χ3v) is 2.72. The maximum absolute atomic E-state index is 9.56. The van der Waals surface area contributed by atoms with Gasteiger partial charge in [-0.15, -0.1) is 0 Å². The summed E-state index contributed by atoms with van der Waals surface area (Å²) in [5, 5.41) is 10.5. The largest absolute Gasteiger partial charge is 0.490 e. The zero-order valence-electron chi connectivity index (χ0n) is 10.6. The Bertz CT molecular complexity index is 525. The van der Waals surface area contributed by atoms with Gasteiger partial charge in [-0.05, 0) is 30.7 Å². The summed E-state index contributed by atoms with van der Waals surface area (Å²) in [6.45, 7) is 2.79. The number of hydrogen-bond acceptors (Lipinski definition) is 4. The fourth-order valence-corrected chi connectivity index (χ4v) is 1.71. The Morgan fingerprint density at radius 2 is 2.11 bits per heavy atom. The van der Waals surface area contributed by atoms with Crippen molar-refractivity contribution in [2.24, 2.45) is 0 Å². The first-order valence-electron chi connectivity index (χ1n) is 5.90. The average molecular weight is 247 g/mol. The van der Waals surface area contributed by atoms with E-state index in [2.05, 4.69) is 4.98 Å². The van der Waals surface area contributed by atoms with Crippen molar-refractivity contribution >= 4 is 10.9 Å². The monoisotopic (exact) mass is 247 g/mol. The molecule has 0 aliphatic carbocycles. The summed E-state index contributed by atoms with van der Waals surface area (Å²) in [6.07, 6.45) is 1.22. The van der Waals surface area contributed by atoms with Crippen LogP contribution in [0.25, 0.3) is 10.9 Å². The highest BCUT2D eigenvalue weighted by Crippen LogP contribution is 2.22. The third-order valence-electron chi connectivity index (χ3n) is 2.72. The Balaban J connectivity index is 2.25. The van der Waals surface area contributed by atoms with Crippen LogP contribution < -0.4 is 4.74 Å². The molecule has 0 spiro atoms. The second-order valence-electron chi connectivity index (χ2n) is 4.14. The van der Waals surface area contributed by atoms with Crippen LogP contribution in [-0.4, -0.2) is 30.4 Å². The number of rotatable bonds is 5. The summed E-state index contributed by atoms with van der Waals surface area (Å²) in [5.41, 5.74) is 1.76. The topological polar surface area (TPSA) is 51.6 Å². The predicted molar refractivity (Wildman–Crippen MR) is 69.7 cm³/mol. The quantitative estimate of drug-likeness (QED) is 0.824. The van der Waals surface area contributed by atoms with Gasteiger partial charge in [0, 0.05) is 12.5 Å². The predicted octanol–water partition coefficient (Wildman–Crippen LogP) is 2.31. The number of aromatic nitrogens is 1. The van der Waals surface area contributed by atoms with Crippen LogP contribution in [0, 0.1) is 0 Å². The molecule has 1 atom stereocenters. The van der Waals surface area contributed by atoms with Crippen molar-refractivity contribution in [2.75, 3.05) is 20.3 Å². The first-order chi connectivity index (χ1) is 8.70. The normalized spacial score (nSPS) is 12.6. The van der Waals surface area contributed by atoms with Gasteiger partial charge in [-0.1, -0.05) is 6.07 Å². The van der Waals surface area contributed by atoms with Gasteiger partial charge < -0.3 is 14.6 Å². The van der Waals surface area contributed by atoms with Gasteiger partial charge in [0.1, 0.15) is 12.4 Å². The molecule has 1 aromatic heterocycles. The van der Waals surface area contributed by atoms with Crippen LogP contribution in [0.1, 0.15) is 18.6 Å². The molecule has 4 heteroatoms. The van der Waals surface area contributed by atoms with Crippen molar-refractivity contribution in [3.05, 3.63) is 36.0 Å². The number of nitrogens with zero attached hydrogens (tertiary/aromatic N) is 1. The van der Waals surface area contributed by atoms with E-state index in [4.69, 9.17) is 9.47 Å². The molecule has 18 heavy (non-hydrogen) atoms. The number of benzene rings is 1. The van der Waals surface area contributed by atoms with Crippen molar-refractivity contribution < 1.29 is 14.6 Å². The van der Waals surface area contributed by atoms with E-state index in [1.54, 1.807) is 20.2 Å². The Kier molecular flexibility index (Phi) is 4.12. The van der Waals surface area contributed by atoms with Crippen LogP contribution in [0.4, 0.5) is 0 Å². The first kappa shape index (κ1) is 12.8. The lowest BCUT2D eigenvalue weighted by atomic mass is 10.1. The van der Waals surface area contributed by atoms with E-state index in [0.29, 0.717) is 19.0 Å². The molecule has 0 bridgehead atoms. The summed E-state index contributed by atoms with van der Waals surface area (Å²) < 4.78 is 10.4. The second kappa shape index (κ2) is 5.80. The summed E-state index contributed by atoms with van der Waals surface area (Å²) in [5.74, 6) is 0.710. The Morgan fingerprint density at radius 1 is 1.28 bits per heavy atom. The summed E-state index contributed by atoms with van der Waals surface area (Å²) in [7, 11) is 1.64. The highest BCUT2D eigenvalue weighted by molar-refractivity contribution is 5.80. The zero-order valence-corrected chi connectivity index (χ0v) is 10.6. The van der Waals surface area contributed by atoms with E-state index in [1.165, 1.54) is 0 Å². The number of methoxy groups -OCH3 is 1. The molecule has 1 aromatic carbocycles. The lowest BCUT2D eigenvalue weighted by Crippen LogP contribution is -2.04. The van der Waals surface area contributed by atoms with Crippen LogP contribution >= 0.6 is 0 Å². The fraction of sp³-hybridized carbons (Fsp3) is 0.357. The molecule has 1 heterocycles. The van der Waals surface area contributed by atoms with Crippen molar-refractivity contribution in [3.8, 4) is 5.75 Å². The molecule has 1 unspecified atom stereocenters. The van der Waals surface area contributed by atoms with Gasteiger partial charge in [-0.25, -0.2) is 0 Å². The Morgan fingerprint density at radius 3 is 2.83 bits per heavy atom. The number of aliphatic hydroxyl groups excluding tert-OH is 1. The smallest absolute Gasteiger partial charge is 0.138 e. The van der Waals surface area contributed by atoms with E-state index >= 15 is 0 Å². The third kappa shape index (κ3) is 2.97. The summed E-state index contributed by atoms with van der Waals surface area (Å²) in [4.78, 5) is 4.31. The van der Waals surface area contributed by atoms with Gasteiger partial charge in [0.05, 0.1) is 24.4 Å². The molecule has 0 fully saturated rings. The van der Waals surface area contributed by atoms with Crippen molar-refractivity contribution in [1.82, 2.24) is 4.98 Å². The second-order valence-corrected chi connectivity index (χ2v) is 4.14. The number of pyridine rings is 1. The molecule has 1 N–H and O–H groups in total. The highest BCUT2D eigenvalue weighted by Gasteiger charge is 2.04. The molecule has 2 rings (SSSR count). The number of hydrogen-bond donors (Lipinski definition) is 1. The van der Waals surface area contributed by atoms with Crippen LogP contribution in [0.15, 0.2) is 30.5 Å². The molecule has 0 radical (unpaired) electrons. The van der Waals surface area contributed by atoms with E-state index in [1.807, 2.05) is 24.3 Å². The van der Waals surface area contributed by atoms with Crippen LogP contribution in [-0.2, 0) is 4.74 Å². The van der Waals surface area contributed by atoms with E-state index in [9.17, 15) is 5.11 Å². The van der Waals surface area contributed by atoms with Gasteiger partial charge in [-0.2, -0.15) is 0 Å². The van der Waals surface area contributed by atoms with Gasteiger partial charge >= 0.3 is 0 Å². The van der Waals surface area contributed by atoms with Crippen molar-refractivity contribution in [3.63, 3.8) is 0 Å². The van der Waals surface area contributed by atoms with Gasteiger partial charge in [-0.3, -0.25) is 4.98 Å². The Hall–Kier alpha value is -1.65. The number of ether oxygens (including phenoxy) is 2. The minimum Gasteiger partial charge on any atom is -0.490 e. The minimum atomic E-state index is -0.479. The molecule has 0 aliphatic heterocycles. The molecule has 4 nitrogen and oxygen atoms in total. The summed E-state index contributed by atoms with van der Waals surface area (Å²) >= 11 is 0. The lowest BCUT2D eigenvalue weighted by Gasteiger charge is -2.08. The summed E-state index contributed by atoms with van der Waals surface area (Å²) in [6, 6.07) is 7.63. The van der Waals surface area contributed by atoms with E-state index in [-0.39, 0.29) is 0 Å². The van der Waals surface area contributed by atoms with Crippen molar-refractivity contribution in [2.45, 2.75) is 13.0 Å².